The number of benzene rings is 1. The Bertz CT molecular complexity index is 888. The fourth-order valence-electron chi connectivity index (χ4n) is 4.03. The smallest absolute Gasteiger partial charge is 0.262 e. The number of anilines is 1. The van der Waals surface area contributed by atoms with Gasteiger partial charge in [0.1, 0.15) is 10.8 Å². The van der Waals surface area contributed by atoms with Gasteiger partial charge < -0.3 is 15.8 Å². The number of primary amides is 1. The highest BCUT2D eigenvalue weighted by Crippen LogP contribution is 2.37. The number of amides is 2. The molecule has 5 nitrogen and oxygen atoms in total. The molecule has 0 radical (unpaired) electrons. The minimum Gasteiger partial charge on any atom is -0.484 e. The van der Waals surface area contributed by atoms with Gasteiger partial charge in [-0.2, -0.15) is 0 Å². The lowest BCUT2D eigenvalue weighted by Gasteiger charge is -2.16. The van der Waals surface area contributed by atoms with E-state index in [0.29, 0.717) is 16.3 Å². The monoisotopic (exact) mass is 384 g/mol. The van der Waals surface area contributed by atoms with E-state index < -0.39 is 5.91 Å². The SMILES string of the molecule is NC(=O)c1c(NC(=O)COc2ccc3c(c2)CCCC3)sc2c1CCCC2. The van der Waals surface area contributed by atoms with Crippen LogP contribution in [0.2, 0.25) is 0 Å². The third-order valence-electron chi connectivity index (χ3n) is 5.36. The van der Waals surface area contributed by atoms with Gasteiger partial charge in [0.2, 0.25) is 0 Å². The van der Waals surface area contributed by atoms with Crippen LogP contribution in [-0.4, -0.2) is 18.4 Å². The Labute approximate surface area is 162 Å². The fraction of sp³-hybridized carbons (Fsp3) is 0.429. The van der Waals surface area contributed by atoms with Crippen LogP contribution in [0.4, 0.5) is 5.00 Å². The highest BCUT2D eigenvalue weighted by atomic mass is 32.1. The van der Waals surface area contributed by atoms with Gasteiger partial charge in [-0.05, 0) is 80.2 Å². The van der Waals surface area contributed by atoms with Gasteiger partial charge in [-0.3, -0.25) is 9.59 Å². The largest absolute Gasteiger partial charge is 0.484 e. The average molecular weight is 385 g/mol. The molecule has 142 valence electrons. The highest BCUT2D eigenvalue weighted by molar-refractivity contribution is 7.17. The first-order valence-electron chi connectivity index (χ1n) is 9.60. The van der Waals surface area contributed by atoms with Crippen molar-refractivity contribution in [1.29, 1.82) is 0 Å². The number of carbonyl (C=O) groups is 2. The summed E-state index contributed by atoms with van der Waals surface area (Å²) in [6.07, 6.45) is 8.60. The zero-order valence-electron chi connectivity index (χ0n) is 15.3. The first-order valence-corrected chi connectivity index (χ1v) is 10.4. The average Bonchev–Trinajstić information content (AvgIpc) is 3.04. The molecule has 1 aromatic heterocycles. The van der Waals surface area contributed by atoms with Gasteiger partial charge in [0.05, 0.1) is 5.56 Å². The molecule has 4 rings (SSSR count). The van der Waals surface area contributed by atoms with Crippen LogP contribution in [0.25, 0.3) is 0 Å². The Balaban J connectivity index is 1.43. The summed E-state index contributed by atoms with van der Waals surface area (Å²) in [7, 11) is 0. The summed E-state index contributed by atoms with van der Waals surface area (Å²) in [5, 5.41) is 3.40. The third kappa shape index (κ3) is 3.86. The van der Waals surface area contributed by atoms with E-state index in [4.69, 9.17) is 10.5 Å². The molecule has 0 saturated carbocycles. The molecule has 6 heteroatoms. The van der Waals surface area contributed by atoms with Gasteiger partial charge in [0, 0.05) is 4.88 Å². The third-order valence-corrected chi connectivity index (χ3v) is 6.57. The number of fused-ring (bicyclic) bond motifs is 2. The minimum atomic E-state index is -0.472. The Morgan fingerprint density at radius 1 is 1.04 bits per heavy atom. The molecule has 1 heterocycles. The molecule has 3 N–H and O–H groups in total. The normalized spacial score (nSPS) is 15.6. The van der Waals surface area contributed by atoms with Crippen LogP contribution in [0.15, 0.2) is 18.2 Å². The van der Waals surface area contributed by atoms with Crippen molar-refractivity contribution in [3.05, 3.63) is 45.3 Å². The second kappa shape index (κ2) is 7.72. The van der Waals surface area contributed by atoms with Crippen molar-refractivity contribution in [2.24, 2.45) is 5.73 Å². The number of hydrogen-bond acceptors (Lipinski definition) is 4. The molecule has 1 aromatic carbocycles. The van der Waals surface area contributed by atoms with Crippen molar-refractivity contribution in [2.75, 3.05) is 11.9 Å². The number of nitrogens with one attached hydrogen (secondary N) is 1. The second-order valence-corrected chi connectivity index (χ2v) is 8.36. The quantitative estimate of drug-likeness (QED) is 0.826. The standard InChI is InChI=1S/C21H24N2O3S/c22-20(25)19-16-7-3-4-8-17(16)27-21(19)23-18(24)12-26-15-10-9-13-5-1-2-6-14(13)11-15/h9-11H,1-8,12H2,(H2,22,25)(H,23,24). The molecular weight excluding hydrogens is 360 g/mol. The molecule has 2 amide bonds. The molecule has 2 aromatic rings. The van der Waals surface area contributed by atoms with Crippen LogP contribution >= 0.6 is 11.3 Å². The molecular formula is C21H24N2O3S. The lowest BCUT2D eigenvalue weighted by Crippen LogP contribution is -2.22. The summed E-state index contributed by atoms with van der Waals surface area (Å²) in [6.45, 7) is -0.0838. The maximum Gasteiger partial charge on any atom is 0.262 e. The van der Waals surface area contributed by atoms with Crippen molar-refractivity contribution in [1.82, 2.24) is 0 Å². The van der Waals surface area contributed by atoms with E-state index >= 15 is 0 Å². The maximum absolute atomic E-state index is 12.4. The molecule has 0 unspecified atom stereocenters. The lowest BCUT2D eigenvalue weighted by molar-refractivity contribution is -0.118. The zero-order valence-corrected chi connectivity index (χ0v) is 16.1. The Hall–Kier alpha value is -2.34. The summed E-state index contributed by atoms with van der Waals surface area (Å²) < 4.78 is 5.68. The van der Waals surface area contributed by atoms with E-state index in [9.17, 15) is 9.59 Å². The van der Waals surface area contributed by atoms with Crippen molar-refractivity contribution in [3.63, 3.8) is 0 Å². The zero-order chi connectivity index (χ0) is 18.8. The first-order chi connectivity index (χ1) is 13.1. The van der Waals surface area contributed by atoms with E-state index in [1.54, 1.807) is 0 Å². The van der Waals surface area contributed by atoms with Crippen LogP contribution in [0, 0.1) is 0 Å². The summed E-state index contributed by atoms with van der Waals surface area (Å²) >= 11 is 1.47. The van der Waals surface area contributed by atoms with Gasteiger partial charge in [-0.25, -0.2) is 0 Å². The summed E-state index contributed by atoms with van der Waals surface area (Å²) in [5.41, 5.74) is 9.78. The highest BCUT2D eigenvalue weighted by Gasteiger charge is 2.25. The van der Waals surface area contributed by atoms with Crippen LogP contribution in [-0.2, 0) is 30.5 Å². The number of aryl methyl sites for hydroxylation is 3. The topological polar surface area (TPSA) is 81.4 Å². The Morgan fingerprint density at radius 2 is 1.78 bits per heavy atom. The number of carbonyl (C=O) groups excluding carboxylic acids is 2. The maximum atomic E-state index is 12.4. The molecule has 0 bridgehead atoms. The Morgan fingerprint density at radius 3 is 2.59 bits per heavy atom. The number of thiophene rings is 1. The fourth-order valence-corrected chi connectivity index (χ4v) is 5.34. The van der Waals surface area contributed by atoms with Crippen LogP contribution in [0.1, 0.15) is 57.6 Å². The van der Waals surface area contributed by atoms with Crippen molar-refractivity contribution < 1.29 is 14.3 Å². The van der Waals surface area contributed by atoms with Crippen LogP contribution < -0.4 is 15.8 Å². The summed E-state index contributed by atoms with van der Waals surface area (Å²) in [6, 6.07) is 6.07. The Kier molecular flexibility index (Phi) is 5.16. The summed E-state index contributed by atoms with van der Waals surface area (Å²) in [4.78, 5) is 25.4. The molecule has 27 heavy (non-hydrogen) atoms. The van der Waals surface area contributed by atoms with Crippen molar-refractivity contribution in [2.45, 2.75) is 51.4 Å². The van der Waals surface area contributed by atoms with Gasteiger partial charge in [0.25, 0.3) is 11.8 Å². The van der Waals surface area contributed by atoms with E-state index in [-0.39, 0.29) is 12.5 Å². The van der Waals surface area contributed by atoms with Crippen molar-refractivity contribution in [3.8, 4) is 5.75 Å². The number of rotatable bonds is 5. The van der Waals surface area contributed by atoms with Gasteiger partial charge in [-0.15, -0.1) is 11.3 Å². The lowest BCUT2D eigenvalue weighted by atomic mass is 9.92. The molecule has 0 saturated heterocycles. The van der Waals surface area contributed by atoms with Crippen molar-refractivity contribution >= 4 is 28.2 Å². The number of ether oxygens (including phenoxy) is 1. The molecule has 0 spiro atoms. The molecule has 2 aliphatic rings. The molecule has 0 aliphatic heterocycles. The summed E-state index contributed by atoms with van der Waals surface area (Å²) in [5.74, 6) is -0.0273. The predicted molar refractivity (Wildman–Crippen MR) is 107 cm³/mol. The number of hydrogen-bond donors (Lipinski definition) is 2. The second-order valence-electron chi connectivity index (χ2n) is 7.25. The van der Waals surface area contributed by atoms with E-state index in [1.165, 1.54) is 40.2 Å². The van der Waals surface area contributed by atoms with Gasteiger partial charge in [0.15, 0.2) is 6.61 Å². The first kappa shape index (κ1) is 18.0. The molecule has 0 fully saturated rings. The molecule has 2 aliphatic carbocycles. The van der Waals surface area contributed by atoms with E-state index in [1.807, 2.05) is 12.1 Å². The van der Waals surface area contributed by atoms with E-state index in [0.717, 1.165) is 44.1 Å². The van der Waals surface area contributed by atoms with Crippen LogP contribution in [0.3, 0.4) is 0 Å². The minimum absolute atomic E-state index is 0.0838. The molecule has 0 atom stereocenters. The predicted octanol–water partition coefficient (Wildman–Crippen LogP) is 3.62. The van der Waals surface area contributed by atoms with E-state index in [2.05, 4.69) is 11.4 Å². The van der Waals surface area contributed by atoms with Gasteiger partial charge >= 0.3 is 0 Å². The van der Waals surface area contributed by atoms with Gasteiger partial charge in [-0.1, -0.05) is 6.07 Å². The number of nitrogens with two attached hydrogens (primary N) is 1. The van der Waals surface area contributed by atoms with Crippen LogP contribution in [0.5, 0.6) is 5.75 Å².